The summed E-state index contributed by atoms with van der Waals surface area (Å²) >= 11 is 1.60. The predicted molar refractivity (Wildman–Crippen MR) is 89.2 cm³/mol. The summed E-state index contributed by atoms with van der Waals surface area (Å²) in [6.45, 7) is 5.95. The van der Waals surface area contributed by atoms with Gasteiger partial charge in [0.2, 0.25) is 0 Å². The molecule has 0 fully saturated rings. The Morgan fingerprint density at radius 2 is 1.86 bits per heavy atom. The molecule has 0 bridgehead atoms. The molecule has 0 aliphatic rings. The van der Waals surface area contributed by atoms with Gasteiger partial charge in [0, 0.05) is 10.3 Å². The number of amides is 1. The molecule has 0 spiro atoms. The number of aryl methyl sites for hydroxylation is 1. The van der Waals surface area contributed by atoms with Crippen molar-refractivity contribution in [1.82, 2.24) is 5.32 Å². The van der Waals surface area contributed by atoms with Crippen LogP contribution in [0.15, 0.2) is 23.6 Å². The molecule has 118 valence electrons. The van der Waals surface area contributed by atoms with Crippen molar-refractivity contribution in [2.45, 2.75) is 26.8 Å². The van der Waals surface area contributed by atoms with E-state index in [4.69, 9.17) is 9.47 Å². The summed E-state index contributed by atoms with van der Waals surface area (Å²) in [5, 5.41) is 4.93. The SMILES string of the molecule is COc1ccc(C(C)NC(=O)c2csc(C)c2C)cc1OC. The summed E-state index contributed by atoms with van der Waals surface area (Å²) in [4.78, 5) is 13.6. The minimum absolute atomic E-state index is 0.0517. The molecule has 0 saturated heterocycles. The first-order valence-electron chi connectivity index (χ1n) is 7.05. The molecule has 1 unspecified atom stereocenters. The largest absolute Gasteiger partial charge is 0.493 e. The van der Waals surface area contributed by atoms with Crippen molar-refractivity contribution < 1.29 is 14.3 Å². The van der Waals surface area contributed by atoms with Crippen molar-refractivity contribution in [3.05, 3.63) is 45.1 Å². The first-order valence-corrected chi connectivity index (χ1v) is 7.93. The first-order chi connectivity index (χ1) is 10.5. The fourth-order valence-corrected chi connectivity index (χ4v) is 3.08. The van der Waals surface area contributed by atoms with E-state index in [0.29, 0.717) is 11.5 Å². The molecular weight excluding hydrogens is 298 g/mol. The van der Waals surface area contributed by atoms with E-state index in [9.17, 15) is 4.79 Å². The summed E-state index contributed by atoms with van der Waals surface area (Å²) in [6.07, 6.45) is 0. The standard InChI is InChI=1S/C17H21NO3S/c1-10-12(3)22-9-14(10)17(19)18-11(2)13-6-7-15(20-4)16(8-13)21-5/h6-9,11H,1-5H3,(H,18,19). The van der Waals surface area contributed by atoms with Crippen LogP contribution >= 0.6 is 11.3 Å². The fraction of sp³-hybridized carbons (Fsp3) is 0.353. The van der Waals surface area contributed by atoms with E-state index in [1.807, 2.05) is 44.4 Å². The normalized spacial score (nSPS) is 11.9. The molecule has 0 saturated carbocycles. The number of rotatable bonds is 5. The molecular formula is C17H21NO3S. The molecule has 5 heteroatoms. The van der Waals surface area contributed by atoms with E-state index in [2.05, 4.69) is 5.32 Å². The Morgan fingerprint density at radius 1 is 1.18 bits per heavy atom. The highest BCUT2D eigenvalue weighted by molar-refractivity contribution is 7.10. The summed E-state index contributed by atoms with van der Waals surface area (Å²) in [6, 6.07) is 5.54. The lowest BCUT2D eigenvalue weighted by Gasteiger charge is -2.16. The number of nitrogens with one attached hydrogen (secondary N) is 1. The summed E-state index contributed by atoms with van der Waals surface area (Å²) in [7, 11) is 3.20. The minimum Gasteiger partial charge on any atom is -0.493 e. The van der Waals surface area contributed by atoms with E-state index < -0.39 is 0 Å². The van der Waals surface area contributed by atoms with Crippen LogP contribution in [0.3, 0.4) is 0 Å². The average molecular weight is 319 g/mol. The molecule has 0 aliphatic carbocycles. The molecule has 0 aliphatic heterocycles. The second-order valence-electron chi connectivity index (χ2n) is 5.14. The van der Waals surface area contributed by atoms with Gasteiger partial charge in [0.25, 0.3) is 5.91 Å². The van der Waals surface area contributed by atoms with Gasteiger partial charge in [-0.2, -0.15) is 0 Å². The minimum atomic E-state index is -0.119. The number of thiophene rings is 1. The third kappa shape index (κ3) is 3.25. The Hall–Kier alpha value is -2.01. The number of carbonyl (C=O) groups is 1. The van der Waals surface area contributed by atoms with Gasteiger partial charge in [0.05, 0.1) is 25.8 Å². The van der Waals surface area contributed by atoms with E-state index in [1.54, 1.807) is 25.6 Å². The summed E-state index contributed by atoms with van der Waals surface area (Å²) in [5.74, 6) is 1.28. The van der Waals surface area contributed by atoms with Gasteiger partial charge in [-0.15, -0.1) is 11.3 Å². The number of hydrogen-bond acceptors (Lipinski definition) is 4. The van der Waals surface area contributed by atoms with Crippen LogP contribution in [0.4, 0.5) is 0 Å². The molecule has 4 nitrogen and oxygen atoms in total. The van der Waals surface area contributed by atoms with Gasteiger partial charge in [-0.3, -0.25) is 4.79 Å². The van der Waals surface area contributed by atoms with Crippen LogP contribution in [0.5, 0.6) is 11.5 Å². The molecule has 2 rings (SSSR count). The lowest BCUT2D eigenvalue weighted by molar-refractivity contribution is 0.0939. The van der Waals surface area contributed by atoms with Crippen molar-refractivity contribution in [3.63, 3.8) is 0 Å². The highest BCUT2D eigenvalue weighted by Crippen LogP contribution is 2.30. The van der Waals surface area contributed by atoms with Crippen molar-refractivity contribution in [2.24, 2.45) is 0 Å². The van der Waals surface area contributed by atoms with Crippen molar-refractivity contribution in [1.29, 1.82) is 0 Å². The summed E-state index contributed by atoms with van der Waals surface area (Å²) in [5.41, 5.74) is 2.76. The molecule has 22 heavy (non-hydrogen) atoms. The lowest BCUT2D eigenvalue weighted by atomic mass is 10.1. The first kappa shape index (κ1) is 16.4. The van der Waals surface area contributed by atoms with Gasteiger partial charge in [-0.05, 0) is 44.0 Å². The van der Waals surface area contributed by atoms with Crippen LogP contribution in [0.2, 0.25) is 0 Å². The quantitative estimate of drug-likeness (QED) is 0.910. The number of ether oxygens (including phenoxy) is 2. The molecule has 1 heterocycles. The van der Waals surface area contributed by atoms with Crippen molar-refractivity contribution in [3.8, 4) is 11.5 Å². The van der Waals surface area contributed by atoms with Crippen LogP contribution in [-0.4, -0.2) is 20.1 Å². The van der Waals surface area contributed by atoms with Crippen LogP contribution in [0.25, 0.3) is 0 Å². The fourth-order valence-electron chi connectivity index (χ4n) is 2.22. The molecule has 1 N–H and O–H groups in total. The second kappa shape index (κ2) is 6.83. The van der Waals surface area contributed by atoms with Crippen molar-refractivity contribution in [2.75, 3.05) is 14.2 Å². The Morgan fingerprint density at radius 3 is 2.41 bits per heavy atom. The highest BCUT2D eigenvalue weighted by atomic mass is 32.1. The van der Waals surface area contributed by atoms with Crippen molar-refractivity contribution >= 4 is 17.2 Å². The van der Waals surface area contributed by atoms with E-state index in [0.717, 1.165) is 16.7 Å². The van der Waals surface area contributed by atoms with E-state index in [1.165, 1.54) is 4.88 Å². The van der Waals surface area contributed by atoms with Gasteiger partial charge in [-0.1, -0.05) is 6.07 Å². The Kier molecular flexibility index (Phi) is 5.08. The number of hydrogen-bond donors (Lipinski definition) is 1. The van der Waals surface area contributed by atoms with Gasteiger partial charge in [0.1, 0.15) is 0 Å². The zero-order chi connectivity index (χ0) is 16.3. The molecule has 2 aromatic rings. The lowest BCUT2D eigenvalue weighted by Crippen LogP contribution is -2.26. The van der Waals surface area contributed by atoms with Crippen LogP contribution in [0.1, 0.15) is 39.3 Å². The van der Waals surface area contributed by atoms with Crippen LogP contribution < -0.4 is 14.8 Å². The molecule has 0 radical (unpaired) electrons. The van der Waals surface area contributed by atoms with Crippen LogP contribution in [0, 0.1) is 13.8 Å². The zero-order valence-electron chi connectivity index (χ0n) is 13.5. The maximum absolute atomic E-state index is 12.4. The van der Waals surface area contributed by atoms with E-state index in [-0.39, 0.29) is 11.9 Å². The second-order valence-corrected chi connectivity index (χ2v) is 6.22. The Balaban J connectivity index is 2.17. The van der Waals surface area contributed by atoms with Crippen LogP contribution in [-0.2, 0) is 0 Å². The molecule has 1 atom stereocenters. The number of carbonyl (C=O) groups excluding carboxylic acids is 1. The van der Waals surface area contributed by atoms with E-state index >= 15 is 0 Å². The average Bonchev–Trinajstić information content (AvgIpc) is 2.86. The molecule has 1 aromatic carbocycles. The Labute approximate surface area is 135 Å². The number of benzene rings is 1. The summed E-state index contributed by atoms with van der Waals surface area (Å²) < 4.78 is 10.5. The topological polar surface area (TPSA) is 47.6 Å². The predicted octanol–water partition coefficient (Wildman–Crippen LogP) is 3.87. The zero-order valence-corrected chi connectivity index (χ0v) is 14.3. The van der Waals surface area contributed by atoms with Gasteiger partial charge in [-0.25, -0.2) is 0 Å². The third-order valence-electron chi connectivity index (χ3n) is 3.79. The molecule has 1 aromatic heterocycles. The highest BCUT2D eigenvalue weighted by Gasteiger charge is 2.16. The number of methoxy groups -OCH3 is 2. The monoisotopic (exact) mass is 319 g/mol. The van der Waals surface area contributed by atoms with Gasteiger partial charge >= 0.3 is 0 Å². The van der Waals surface area contributed by atoms with Gasteiger partial charge in [0.15, 0.2) is 11.5 Å². The van der Waals surface area contributed by atoms with Gasteiger partial charge < -0.3 is 14.8 Å². The maximum Gasteiger partial charge on any atom is 0.252 e. The molecule has 1 amide bonds. The maximum atomic E-state index is 12.4. The Bertz CT molecular complexity index is 679. The third-order valence-corrected chi connectivity index (χ3v) is 4.80. The smallest absolute Gasteiger partial charge is 0.252 e.